The fraction of sp³-hybridized carbons (Fsp3) is 0.556. The number of nitrogens with one attached hydrogen (secondary N) is 1. The topological polar surface area (TPSA) is 101 Å². The average Bonchev–Trinajstić information content (AvgIpc) is 3.38. The lowest BCUT2D eigenvalue weighted by molar-refractivity contribution is -0.133. The quantitative estimate of drug-likeness (QED) is 0.376. The standard InChI is InChI=1S/C27H36F2N8O3/c1-19(26(38)36-11-9-34(10-12-36)8-5-15-39-2)30-27-32-22(35-13-16-40-17-14-35)18-23(33-27)37-21-7-4-3-6-20(21)31-25(37)24(28)29/h3-4,6-7,18-19,24H,5,8-17H2,1-2H3,(H,30,32,33)/t19-/m0/s1. The van der Waals surface area contributed by atoms with Crippen LogP contribution in [0.25, 0.3) is 16.9 Å². The van der Waals surface area contributed by atoms with Gasteiger partial charge in [0.25, 0.3) is 6.43 Å². The van der Waals surface area contributed by atoms with E-state index in [1.165, 1.54) is 4.57 Å². The van der Waals surface area contributed by atoms with Gasteiger partial charge in [0, 0.05) is 65.6 Å². The smallest absolute Gasteiger partial charge is 0.296 e. The van der Waals surface area contributed by atoms with Crippen molar-refractivity contribution in [2.75, 3.05) is 83.0 Å². The van der Waals surface area contributed by atoms with Gasteiger partial charge >= 0.3 is 0 Å². The number of para-hydroxylation sites is 2. The number of aromatic nitrogens is 4. The predicted molar refractivity (Wildman–Crippen MR) is 147 cm³/mol. The maximum absolute atomic E-state index is 14.1. The fourth-order valence-electron chi connectivity index (χ4n) is 5.14. The van der Waals surface area contributed by atoms with E-state index in [1.54, 1.807) is 44.4 Å². The Labute approximate surface area is 232 Å². The van der Waals surface area contributed by atoms with Crippen molar-refractivity contribution in [3.8, 4) is 5.82 Å². The highest BCUT2D eigenvalue weighted by atomic mass is 19.3. The van der Waals surface area contributed by atoms with Crippen LogP contribution in [0.2, 0.25) is 0 Å². The maximum atomic E-state index is 14.1. The van der Waals surface area contributed by atoms with Gasteiger partial charge in [-0.3, -0.25) is 14.3 Å². The van der Waals surface area contributed by atoms with Crippen LogP contribution in [0.15, 0.2) is 30.3 Å². The normalized spacial score (nSPS) is 17.5. The summed E-state index contributed by atoms with van der Waals surface area (Å²) >= 11 is 0. The van der Waals surface area contributed by atoms with E-state index < -0.39 is 18.3 Å². The molecule has 0 saturated carbocycles. The van der Waals surface area contributed by atoms with Gasteiger partial charge in [-0.2, -0.15) is 9.97 Å². The van der Waals surface area contributed by atoms with E-state index in [1.807, 2.05) is 9.80 Å². The van der Waals surface area contributed by atoms with Crippen molar-refractivity contribution >= 4 is 28.7 Å². The van der Waals surface area contributed by atoms with Gasteiger partial charge in [-0.1, -0.05) is 12.1 Å². The zero-order chi connectivity index (χ0) is 28.1. The van der Waals surface area contributed by atoms with E-state index in [9.17, 15) is 13.6 Å². The summed E-state index contributed by atoms with van der Waals surface area (Å²) < 4.78 is 40.2. The number of amides is 1. The third-order valence-corrected chi connectivity index (χ3v) is 7.27. The molecule has 0 unspecified atom stereocenters. The van der Waals surface area contributed by atoms with Crippen molar-refractivity contribution in [1.82, 2.24) is 29.3 Å². The van der Waals surface area contributed by atoms with Crippen LogP contribution in [0.5, 0.6) is 0 Å². The molecule has 1 N–H and O–H groups in total. The number of morpholine rings is 1. The molecule has 2 aliphatic heterocycles. The molecule has 0 spiro atoms. The summed E-state index contributed by atoms with van der Waals surface area (Å²) in [6, 6.07) is 8.04. The Hall–Kier alpha value is -3.42. The Bertz CT molecular complexity index is 1290. The highest BCUT2D eigenvalue weighted by molar-refractivity contribution is 5.84. The molecule has 0 aliphatic carbocycles. The summed E-state index contributed by atoms with van der Waals surface area (Å²) in [6.07, 6.45) is -1.85. The summed E-state index contributed by atoms with van der Waals surface area (Å²) in [5, 5.41) is 3.15. The van der Waals surface area contributed by atoms with Crippen molar-refractivity contribution in [2.24, 2.45) is 0 Å². The summed E-state index contributed by atoms with van der Waals surface area (Å²) in [4.78, 5) is 33.0. The van der Waals surface area contributed by atoms with Gasteiger partial charge in [0.2, 0.25) is 11.9 Å². The van der Waals surface area contributed by atoms with Crippen molar-refractivity contribution < 1.29 is 23.0 Å². The lowest BCUT2D eigenvalue weighted by Crippen LogP contribution is -2.52. The number of anilines is 2. The van der Waals surface area contributed by atoms with Crippen LogP contribution < -0.4 is 10.2 Å². The number of carbonyl (C=O) groups is 1. The minimum Gasteiger partial charge on any atom is -0.385 e. The Morgan fingerprint density at radius 1 is 1.05 bits per heavy atom. The lowest BCUT2D eigenvalue weighted by atomic mass is 10.2. The average molecular weight is 559 g/mol. The number of fused-ring (bicyclic) bond motifs is 1. The number of rotatable bonds is 10. The van der Waals surface area contributed by atoms with Gasteiger partial charge in [0.15, 0.2) is 5.82 Å². The second-order valence-corrected chi connectivity index (χ2v) is 9.98. The Morgan fingerprint density at radius 2 is 1.77 bits per heavy atom. The first-order chi connectivity index (χ1) is 19.4. The molecular weight excluding hydrogens is 522 g/mol. The molecule has 1 aromatic carbocycles. The first kappa shape index (κ1) is 28.1. The maximum Gasteiger partial charge on any atom is 0.296 e. The van der Waals surface area contributed by atoms with Gasteiger partial charge < -0.3 is 24.6 Å². The Morgan fingerprint density at radius 3 is 2.50 bits per heavy atom. The van der Waals surface area contributed by atoms with Crippen LogP contribution >= 0.6 is 0 Å². The van der Waals surface area contributed by atoms with Gasteiger partial charge in [0.1, 0.15) is 17.7 Å². The molecule has 1 amide bonds. The number of ether oxygens (including phenoxy) is 2. The minimum atomic E-state index is -2.81. The molecule has 0 radical (unpaired) electrons. The van der Waals surface area contributed by atoms with Crippen molar-refractivity contribution in [3.63, 3.8) is 0 Å². The van der Waals surface area contributed by atoms with Gasteiger partial charge in [-0.15, -0.1) is 0 Å². The van der Waals surface area contributed by atoms with E-state index in [2.05, 4.69) is 25.2 Å². The van der Waals surface area contributed by atoms with Crippen LogP contribution in [0.1, 0.15) is 25.6 Å². The van der Waals surface area contributed by atoms with E-state index in [0.29, 0.717) is 56.2 Å². The van der Waals surface area contributed by atoms with E-state index >= 15 is 0 Å². The largest absolute Gasteiger partial charge is 0.385 e. The van der Waals surface area contributed by atoms with Crippen LogP contribution in [0.4, 0.5) is 20.5 Å². The molecule has 216 valence electrons. The first-order valence-corrected chi connectivity index (χ1v) is 13.7. The third kappa shape index (κ3) is 6.31. The molecule has 2 aromatic heterocycles. The van der Waals surface area contributed by atoms with Crippen LogP contribution in [-0.2, 0) is 14.3 Å². The zero-order valence-corrected chi connectivity index (χ0v) is 22.9. The molecule has 40 heavy (non-hydrogen) atoms. The molecule has 0 bridgehead atoms. The highest BCUT2D eigenvalue weighted by Crippen LogP contribution is 2.29. The summed E-state index contributed by atoms with van der Waals surface area (Å²) in [7, 11) is 1.70. The highest BCUT2D eigenvalue weighted by Gasteiger charge is 2.27. The number of benzene rings is 1. The summed E-state index contributed by atoms with van der Waals surface area (Å²) in [5.41, 5.74) is 0.964. The summed E-state index contributed by atoms with van der Waals surface area (Å²) in [6.45, 7) is 8.59. The zero-order valence-electron chi connectivity index (χ0n) is 22.9. The SMILES string of the molecule is COCCCN1CCN(C(=O)[C@H](C)Nc2nc(N3CCOCC3)cc(-n3c(C(F)F)nc4ccccc43)n2)CC1. The minimum absolute atomic E-state index is 0.0557. The number of carbonyl (C=O) groups excluding carboxylic acids is 1. The number of piperazine rings is 1. The molecular formula is C27H36F2N8O3. The monoisotopic (exact) mass is 558 g/mol. The number of halogens is 2. The number of hydrogen-bond donors (Lipinski definition) is 1. The fourth-order valence-corrected chi connectivity index (χ4v) is 5.14. The van der Waals surface area contributed by atoms with Crippen molar-refractivity contribution in [1.29, 1.82) is 0 Å². The van der Waals surface area contributed by atoms with Gasteiger partial charge in [-0.05, 0) is 25.5 Å². The Kier molecular flexibility index (Phi) is 9.02. The molecule has 13 heteroatoms. The molecule has 5 rings (SSSR count). The number of alkyl halides is 2. The van der Waals surface area contributed by atoms with E-state index in [0.717, 1.165) is 32.7 Å². The summed E-state index contributed by atoms with van der Waals surface area (Å²) in [5.74, 6) is 0.563. The first-order valence-electron chi connectivity index (χ1n) is 13.7. The van der Waals surface area contributed by atoms with E-state index in [4.69, 9.17) is 9.47 Å². The van der Waals surface area contributed by atoms with Crippen molar-refractivity contribution in [3.05, 3.63) is 36.2 Å². The van der Waals surface area contributed by atoms with Gasteiger partial charge in [0.05, 0.1) is 24.2 Å². The number of nitrogens with zero attached hydrogens (tertiary/aromatic N) is 7. The lowest BCUT2D eigenvalue weighted by Gasteiger charge is -2.36. The van der Waals surface area contributed by atoms with Crippen LogP contribution in [0.3, 0.4) is 0 Å². The van der Waals surface area contributed by atoms with Gasteiger partial charge in [-0.25, -0.2) is 13.8 Å². The second-order valence-electron chi connectivity index (χ2n) is 9.98. The molecule has 4 heterocycles. The molecule has 2 aliphatic rings. The Balaban J connectivity index is 1.39. The molecule has 11 nitrogen and oxygen atoms in total. The number of hydrogen-bond acceptors (Lipinski definition) is 9. The molecule has 3 aromatic rings. The van der Waals surface area contributed by atoms with E-state index in [-0.39, 0.29) is 17.7 Å². The predicted octanol–water partition coefficient (Wildman–Crippen LogP) is 2.57. The van der Waals surface area contributed by atoms with Crippen molar-refractivity contribution in [2.45, 2.75) is 25.8 Å². The van der Waals surface area contributed by atoms with Crippen LogP contribution in [-0.4, -0.2) is 114 Å². The number of methoxy groups -OCH3 is 1. The molecule has 1 atom stereocenters. The second kappa shape index (κ2) is 12.8. The third-order valence-electron chi connectivity index (χ3n) is 7.27. The molecule has 2 fully saturated rings. The van der Waals surface area contributed by atoms with Crippen LogP contribution in [0, 0.1) is 0 Å². The number of imidazole rings is 1. The molecule has 2 saturated heterocycles.